The van der Waals surface area contributed by atoms with Gasteiger partial charge in [0.2, 0.25) is 6.29 Å². The van der Waals surface area contributed by atoms with Crippen molar-refractivity contribution in [3.05, 3.63) is 46.1 Å². The van der Waals surface area contributed by atoms with Gasteiger partial charge in [0.15, 0.2) is 23.2 Å². The molecular weight excluding hydrogens is 744 g/mol. The van der Waals surface area contributed by atoms with Crippen molar-refractivity contribution in [3.8, 4) is 34.3 Å². The van der Waals surface area contributed by atoms with Gasteiger partial charge >= 0.3 is 0 Å². The van der Waals surface area contributed by atoms with Gasteiger partial charge < -0.3 is 99.2 Å². The van der Waals surface area contributed by atoms with Crippen LogP contribution in [0.3, 0.4) is 0 Å². The minimum atomic E-state index is -1.91. The molecule has 3 fully saturated rings. The Balaban J connectivity index is 1.25. The molecule has 0 aliphatic carbocycles. The maximum Gasteiger partial charge on any atom is 0.229 e. The van der Waals surface area contributed by atoms with Crippen molar-refractivity contribution in [3.63, 3.8) is 0 Å². The van der Waals surface area contributed by atoms with Crippen LogP contribution in [-0.2, 0) is 18.9 Å². The number of phenolic OH excluding ortho intramolecular Hbond substituents is 2. The second-order valence-electron chi connectivity index (χ2n) is 13.3. The second-order valence-corrected chi connectivity index (χ2v) is 13.3. The molecule has 55 heavy (non-hydrogen) atoms. The number of rotatable bonds is 10. The van der Waals surface area contributed by atoms with Gasteiger partial charge in [0.05, 0.1) is 32.5 Å². The van der Waals surface area contributed by atoms with Crippen molar-refractivity contribution < 1.29 is 99.2 Å². The third kappa shape index (κ3) is 7.58. The minimum absolute atomic E-state index is 0.0941. The van der Waals surface area contributed by atoms with E-state index < -0.39 is 134 Å². The van der Waals surface area contributed by atoms with Crippen molar-refractivity contribution in [2.45, 2.75) is 91.9 Å². The number of benzene rings is 2. The highest BCUT2D eigenvalue weighted by Gasteiger charge is 2.49. The van der Waals surface area contributed by atoms with E-state index in [0.29, 0.717) is 0 Å². The van der Waals surface area contributed by atoms with Crippen LogP contribution in [0.2, 0.25) is 0 Å². The molecule has 2 aromatic carbocycles. The molecule has 1 aromatic heterocycles. The van der Waals surface area contributed by atoms with E-state index in [-0.39, 0.29) is 34.0 Å². The van der Waals surface area contributed by atoms with Gasteiger partial charge in [-0.15, -0.1) is 0 Å². The number of phenols is 2. The van der Waals surface area contributed by atoms with Crippen LogP contribution in [0.1, 0.15) is 11.7 Å². The summed E-state index contributed by atoms with van der Waals surface area (Å²) in [6.45, 7) is -2.13. The Morgan fingerprint density at radius 1 is 0.655 bits per heavy atom. The van der Waals surface area contributed by atoms with Gasteiger partial charge in [0.1, 0.15) is 108 Å². The minimum Gasteiger partial charge on any atom is -0.506 e. The van der Waals surface area contributed by atoms with Gasteiger partial charge in [0, 0.05) is 17.7 Å². The summed E-state index contributed by atoms with van der Waals surface area (Å²) in [4.78, 5) is 13.5. The van der Waals surface area contributed by atoms with Gasteiger partial charge in [-0.1, -0.05) is 0 Å². The molecule has 0 radical (unpaired) electrons. The lowest BCUT2D eigenvalue weighted by Gasteiger charge is -2.42. The Bertz CT molecular complexity index is 1870. The number of aliphatic hydroxyl groups is 11. The van der Waals surface area contributed by atoms with Gasteiger partial charge in [0.25, 0.3) is 0 Å². The van der Waals surface area contributed by atoms with E-state index in [2.05, 4.69) is 0 Å². The molecule has 3 saturated heterocycles. The third-order valence-electron chi connectivity index (χ3n) is 9.82. The quantitative estimate of drug-likeness (QED) is 0.0919. The first kappa shape index (κ1) is 40.9. The predicted molar refractivity (Wildman–Crippen MR) is 178 cm³/mol. The van der Waals surface area contributed by atoms with E-state index >= 15 is 0 Å². The Kier molecular flexibility index (Phi) is 12.2. The number of aromatic hydroxyl groups is 2. The average Bonchev–Trinajstić information content (AvgIpc) is 3.17. The fraction of sp³-hybridized carbons (Fsp3) is 0.559. The molecule has 3 aromatic rings. The number of hydrogen-bond acceptors (Lipinski definition) is 21. The van der Waals surface area contributed by atoms with Crippen LogP contribution in [0.5, 0.6) is 23.0 Å². The Morgan fingerprint density at radius 2 is 1.24 bits per heavy atom. The summed E-state index contributed by atoms with van der Waals surface area (Å²) >= 11 is 0. The molecule has 0 spiro atoms. The van der Waals surface area contributed by atoms with Crippen molar-refractivity contribution >= 4 is 11.0 Å². The fourth-order valence-corrected chi connectivity index (χ4v) is 6.65. The molecule has 4 heterocycles. The number of aliphatic hydroxyl groups excluding tert-OH is 11. The normalized spacial score (nSPS) is 36.8. The second kappa shape index (κ2) is 16.4. The fourth-order valence-electron chi connectivity index (χ4n) is 6.65. The lowest BCUT2D eigenvalue weighted by molar-refractivity contribution is -0.323. The zero-order valence-corrected chi connectivity index (χ0v) is 28.7. The highest BCUT2D eigenvalue weighted by atomic mass is 16.7. The first-order valence-corrected chi connectivity index (χ1v) is 16.9. The summed E-state index contributed by atoms with van der Waals surface area (Å²) in [5.74, 6) is -1.95. The summed E-state index contributed by atoms with van der Waals surface area (Å²) < 4.78 is 38.9. The highest BCUT2D eigenvalue weighted by Crippen LogP contribution is 2.45. The van der Waals surface area contributed by atoms with E-state index in [1.54, 1.807) is 0 Å². The molecule has 0 saturated carbocycles. The van der Waals surface area contributed by atoms with Crippen molar-refractivity contribution in [1.82, 2.24) is 0 Å². The first-order chi connectivity index (χ1) is 26.1. The van der Waals surface area contributed by atoms with Gasteiger partial charge in [-0.3, -0.25) is 4.79 Å². The number of ether oxygens (including phenoxy) is 6. The summed E-state index contributed by atoms with van der Waals surface area (Å²) in [6.07, 6.45) is -25.2. The lowest BCUT2D eigenvalue weighted by atomic mass is 9.89. The molecule has 13 N–H and O–H groups in total. The smallest absolute Gasteiger partial charge is 0.229 e. The molecule has 6 rings (SSSR count). The SMILES string of the molecule is COc1cc2oc(-c3ccc(O)c(O[C@@H]4O[C@H](CO[C@@H]5O[C@H](CO)[C@@H](O)[C@H](O)[C@H]5O)[C@@H](O)[C@H](O)[C@H]4O)c3)cc(=O)c2c(O)c1[C@@H]1O[C@H](CO)[C@@H](O)[C@H](O)[C@H]1O. The number of methoxy groups -OCH3 is 1. The first-order valence-electron chi connectivity index (χ1n) is 16.9. The van der Waals surface area contributed by atoms with E-state index in [0.717, 1.165) is 12.1 Å². The molecule has 304 valence electrons. The number of hydrogen-bond donors (Lipinski definition) is 13. The molecule has 0 unspecified atom stereocenters. The van der Waals surface area contributed by atoms with Crippen LogP contribution in [-0.4, -0.2) is 179 Å². The Hall–Kier alpha value is -3.75. The summed E-state index contributed by atoms with van der Waals surface area (Å²) in [7, 11) is 1.20. The standard InChI is InChI=1S/C34H42O21/c1-49-15-6-16-20(25(42)21(15)32-29(46)26(43)22(39)17(7-35)52-32)12(38)5-13(51-16)10-2-3-11(37)14(4-10)53-34-31(48)28(45)24(41)19(55-34)9-50-33-30(47)27(44)23(40)18(8-36)54-33/h2-6,17-19,22-24,26-37,39-48H,7-9H2,1H3/t17-,18-,19-,22-,23-,24-,26+,27+,28+,29-,30-,31-,32+,33-,34-/m1/s1. The average molecular weight is 787 g/mol. The Morgan fingerprint density at radius 3 is 1.87 bits per heavy atom. The molecular formula is C34H42O21. The van der Waals surface area contributed by atoms with Crippen LogP contribution in [0.15, 0.2) is 39.5 Å². The molecule has 0 bridgehead atoms. The van der Waals surface area contributed by atoms with Crippen molar-refractivity contribution in [1.29, 1.82) is 0 Å². The van der Waals surface area contributed by atoms with Crippen LogP contribution < -0.4 is 14.9 Å². The largest absolute Gasteiger partial charge is 0.506 e. The van der Waals surface area contributed by atoms with E-state index in [9.17, 15) is 71.2 Å². The van der Waals surface area contributed by atoms with Crippen LogP contribution in [0.4, 0.5) is 0 Å². The van der Waals surface area contributed by atoms with Gasteiger partial charge in [-0.2, -0.15) is 0 Å². The van der Waals surface area contributed by atoms with E-state index in [1.165, 1.54) is 25.3 Å². The zero-order chi connectivity index (χ0) is 40.0. The maximum atomic E-state index is 13.5. The van der Waals surface area contributed by atoms with Crippen molar-refractivity contribution in [2.24, 2.45) is 0 Å². The lowest BCUT2D eigenvalue weighted by Crippen LogP contribution is -2.62. The predicted octanol–water partition coefficient (Wildman–Crippen LogP) is -4.60. The summed E-state index contributed by atoms with van der Waals surface area (Å²) in [5.41, 5.74) is -1.23. The van der Waals surface area contributed by atoms with Crippen LogP contribution in [0.25, 0.3) is 22.3 Å². The molecule has 3 aliphatic rings. The maximum absolute atomic E-state index is 13.5. The molecule has 21 nitrogen and oxygen atoms in total. The van der Waals surface area contributed by atoms with E-state index in [4.69, 9.17) is 32.8 Å². The monoisotopic (exact) mass is 786 g/mol. The van der Waals surface area contributed by atoms with Crippen molar-refractivity contribution in [2.75, 3.05) is 26.9 Å². The van der Waals surface area contributed by atoms with Crippen LogP contribution in [0, 0.1) is 0 Å². The highest BCUT2D eigenvalue weighted by molar-refractivity contribution is 5.88. The molecule has 0 amide bonds. The summed E-state index contributed by atoms with van der Waals surface area (Å²) in [6, 6.07) is 5.79. The zero-order valence-electron chi connectivity index (χ0n) is 28.7. The van der Waals surface area contributed by atoms with Gasteiger partial charge in [-0.25, -0.2) is 0 Å². The Labute approximate surface area is 309 Å². The van der Waals surface area contributed by atoms with Crippen LogP contribution >= 0.6 is 0 Å². The molecule has 15 atom stereocenters. The number of fused-ring (bicyclic) bond motifs is 1. The third-order valence-corrected chi connectivity index (χ3v) is 9.82. The molecule has 3 aliphatic heterocycles. The summed E-state index contributed by atoms with van der Waals surface area (Å²) in [5, 5.41) is 134. The molecule has 21 heteroatoms. The van der Waals surface area contributed by atoms with Gasteiger partial charge in [-0.05, 0) is 18.2 Å². The topological polar surface area (TPSA) is 349 Å². The van der Waals surface area contributed by atoms with E-state index in [1.807, 2.05) is 0 Å².